The summed E-state index contributed by atoms with van der Waals surface area (Å²) in [7, 11) is 0. The maximum Gasteiger partial charge on any atom is 0.234 e. The number of carbonyl (C=O) groups excluding carboxylic acids is 2. The summed E-state index contributed by atoms with van der Waals surface area (Å²) in [5, 5.41) is 2.77. The van der Waals surface area contributed by atoms with Gasteiger partial charge in [0.25, 0.3) is 0 Å². The highest BCUT2D eigenvalue weighted by Gasteiger charge is 2.29. The highest BCUT2D eigenvalue weighted by molar-refractivity contribution is 5.85. The number of piperazine rings is 1. The van der Waals surface area contributed by atoms with E-state index in [4.69, 9.17) is 5.73 Å². The second kappa shape index (κ2) is 11.7. The van der Waals surface area contributed by atoms with Crippen molar-refractivity contribution in [1.82, 2.24) is 15.1 Å². The summed E-state index contributed by atoms with van der Waals surface area (Å²) in [5.41, 5.74) is 6.04. The van der Waals surface area contributed by atoms with Gasteiger partial charge in [0.2, 0.25) is 11.8 Å². The van der Waals surface area contributed by atoms with Gasteiger partial charge in [0.15, 0.2) is 0 Å². The fourth-order valence-corrected chi connectivity index (χ4v) is 3.27. The van der Waals surface area contributed by atoms with Crippen LogP contribution in [0.3, 0.4) is 0 Å². The van der Waals surface area contributed by atoms with E-state index in [1.54, 1.807) is 6.08 Å². The van der Waals surface area contributed by atoms with Gasteiger partial charge < -0.3 is 16.0 Å². The number of carbonyl (C=O) groups is 2. The third-order valence-electron chi connectivity index (χ3n) is 4.69. The van der Waals surface area contributed by atoms with E-state index in [0.29, 0.717) is 38.5 Å². The standard InChI is InChI=1S/C16H28N4O2.2ClH/c1-2-6-18-15(21)12-19-7-9-20(10-8-19)16(22)11-13-4-3-5-14(13)17;;/h2,13-14H,1,3-12,17H2,(H,18,21);2*1H/t13-,14+;;/m0../s1. The Morgan fingerprint density at radius 2 is 1.83 bits per heavy atom. The molecule has 2 atom stereocenters. The highest BCUT2D eigenvalue weighted by atomic mass is 35.5. The normalized spacial score (nSPS) is 23.8. The van der Waals surface area contributed by atoms with E-state index in [1.165, 1.54) is 0 Å². The molecule has 0 aromatic carbocycles. The number of nitrogens with one attached hydrogen (secondary N) is 1. The first kappa shape index (κ1) is 23.2. The van der Waals surface area contributed by atoms with Crippen LogP contribution in [0.1, 0.15) is 25.7 Å². The minimum Gasteiger partial charge on any atom is -0.352 e. The van der Waals surface area contributed by atoms with Crippen molar-refractivity contribution in [1.29, 1.82) is 0 Å². The Morgan fingerprint density at radius 1 is 1.17 bits per heavy atom. The van der Waals surface area contributed by atoms with Gasteiger partial charge in [0, 0.05) is 45.2 Å². The van der Waals surface area contributed by atoms with Crippen LogP contribution < -0.4 is 11.1 Å². The molecule has 6 nitrogen and oxygen atoms in total. The number of rotatable bonds is 6. The predicted molar refractivity (Wildman–Crippen MR) is 101 cm³/mol. The lowest BCUT2D eigenvalue weighted by Gasteiger charge is -2.35. The molecule has 1 heterocycles. The first-order valence-electron chi connectivity index (χ1n) is 8.23. The molecule has 1 saturated carbocycles. The number of hydrogen-bond acceptors (Lipinski definition) is 4. The average Bonchev–Trinajstić information content (AvgIpc) is 2.91. The van der Waals surface area contributed by atoms with Crippen LogP contribution >= 0.6 is 24.8 Å². The second-order valence-corrected chi connectivity index (χ2v) is 6.31. The molecule has 0 unspecified atom stereocenters. The largest absolute Gasteiger partial charge is 0.352 e. The maximum absolute atomic E-state index is 12.3. The Balaban J connectivity index is 0.00000264. The minimum atomic E-state index is 0. The molecule has 2 amide bonds. The lowest BCUT2D eigenvalue weighted by atomic mass is 9.99. The molecule has 0 aromatic heterocycles. The van der Waals surface area contributed by atoms with Crippen LogP contribution in [-0.2, 0) is 9.59 Å². The molecule has 0 aromatic rings. The summed E-state index contributed by atoms with van der Waals surface area (Å²) < 4.78 is 0. The third-order valence-corrected chi connectivity index (χ3v) is 4.69. The molecule has 24 heavy (non-hydrogen) atoms. The summed E-state index contributed by atoms with van der Waals surface area (Å²) in [4.78, 5) is 28.0. The summed E-state index contributed by atoms with van der Waals surface area (Å²) in [6.45, 7) is 7.38. The van der Waals surface area contributed by atoms with Crippen molar-refractivity contribution < 1.29 is 9.59 Å². The van der Waals surface area contributed by atoms with Crippen LogP contribution in [0.2, 0.25) is 0 Å². The van der Waals surface area contributed by atoms with Crippen LogP contribution in [0.5, 0.6) is 0 Å². The summed E-state index contributed by atoms with van der Waals surface area (Å²) in [6.07, 6.45) is 5.53. The van der Waals surface area contributed by atoms with E-state index in [1.807, 2.05) is 4.90 Å². The topological polar surface area (TPSA) is 78.7 Å². The minimum absolute atomic E-state index is 0. The van der Waals surface area contributed by atoms with Crippen LogP contribution in [0.25, 0.3) is 0 Å². The van der Waals surface area contributed by atoms with Gasteiger partial charge in [0.05, 0.1) is 6.54 Å². The van der Waals surface area contributed by atoms with Crippen molar-refractivity contribution in [2.75, 3.05) is 39.3 Å². The fourth-order valence-electron chi connectivity index (χ4n) is 3.27. The Labute approximate surface area is 157 Å². The van der Waals surface area contributed by atoms with Gasteiger partial charge in [0.1, 0.15) is 0 Å². The summed E-state index contributed by atoms with van der Waals surface area (Å²) in [5.74, 6) is 0.588. The number of nitrogens with zero attached hydrogens (tertiary/aromatic N) is 2. The zero-order valence-corrected chi connectivity index (χ0v) is 15.7. The number of amides is 2. The number of hydrogen-bond donors (Lipinski definition) is 2. The molecule has 2 rings (SSSR count). The fraction of sp³-hybridized carbons (Fsp3) is 0.750. The molecule has 140 valence electrons. The molecule has 1 aliphatic carbocycles. The molecular formula is C16H30Cl2N4O2. The van der Waals surface area contributed by atoms with Gasteiger partial charge in [-0.3, -0.25) is 14.5 Å². The number of halogens is 2. The zero-order valence-electron chi connectivity index (χ0n) is 14.1. The Bertz CT molecular complexity index is 415. The molecule has 8 heteroatoms. The molecule has 0 bridgehead atoms. The van der Waals surface area contributed by atoms with E-state index >= 15 is 0 Å². The maximum atomic E-state index is 12.3. The van der Waals surface area contributed by atoms with Crippen molar-refractivity contribution >= 4 is 36.6 Å². The van der Waals surface area contributed by atoms with Gasteiger partial charge in [-0.15, -0.1) is 31.4 Å². The SMILES string of the molecule is C=CCNC(=O)CN1CCN(C(=O)C[C@@H]2CCC[C@H]2N)CC1.Cl.Cl. The molecule has 1 saturated heterocycles. The lowest BCUT2D eigenvalue weighted by Crippen LogP contribution is -2.51. The van der Waals surface area contributed by atoms with Crippen molar-refractivity contribution in [2.45, 2.75) is 31.7 Å². The van der Waals surface area contributed by atoms with Crippen molar-refractivity contribution in [3.63, 3.8) is 0 Å². The van der Waals surface area contributed by atoms with E-state index in [2.05, 4.69) is 16.8 Å². The van der Waals surface area contributed by atoms with Crippen molar-refractivity contribution in [3.8, 4) is 0 Å². The van der Waals surface area contributed by atoms with Crippen LogP contribution in [0.15, 0.2) is 12.7 Å². The second-order valence-electron chi connectivity index (χ2n) is 6.31. The van der Waals surface area contributed by atoms with Gasteiger partial charge in [-0.2, -0.15) is 0 Å². The summed E-state index contributed by atoms with van der Waals surface area (Å²) >= 11 is 0. The molecule has 1 aliphatic heterocycles. The Kier molecular flexibility index (Phi) is 11.3. The lowest BCUT2D eigenvalue weighted by molar-refractivity contribution is -0.134. The van der Waals surface area contributed by atoms with E-state index in [9.17, 15) is 9.59 Å². The third kappa shape index (κ3) is 6.97. The van der Waals surface area contributed by atoms with Gasteiger partial charge in [-0.05, 0) is 18.8 Å². The van der Waals surface area contributed by atoms with Gasteiger partial charge >= 0.3 is 0 Å². The van der Waals surface area contributed by atoms with E-state index in [-0.39, 0.29) is 42.7 Å². The zero-order chi connectivity index (χ0) is 15.9. The van der Waals surface area contributed by atoms with Crippen molar-refractivity contribution in [2.24, 2.45) is 11.7 Å². The monoisotopic (exact) mass is 380 g/mol. The van der Waals surface area contributed by atoms with Crippen LogP contribution in [-0.4, -0.2) is 66.9 Å². The number of nitrogens with two attached hydrogens (primary N) is 1. The summed E-state index contributed by atoms with van der Waals surface area (Å²) in [6, 6.07) is 0.193. The van der Waals surface area contributed by atoms with Crippen molar-refractivity contribution in [3.05, 3.63) is 12.7 Å². The van der Waals surface area contributed by atoms with E-state index < -0.39 is 0 Å². The molecule has 2 aliphatic rings. The molecular weight excluding hydrogens is 351 g/mol. The average molecular weight is 381 g/mol. The first-order valence-corrected chi connectivity index (χ1v) is 8.23. The Hall–Kier alpha value is -0.820. The molecule has 0 spiro atoms. The molecule has 2 fully saturated rings. The van der Waals surface area contributed by atoms with Gasteiger partial charge in [-0.25, -0.2) is 0 Å². The quantitative estimate of drug-likeness (QED) is 0.667. The molecule has 3 N–H and O–H groups in total. The van der Waals surface area contributed by atoms with Crippen LogP contribution in [0, 0.1) is 5.92 Å². The smallest absolute Gasteiger partial charge is 0.234 e. The highest BCUT2D eigenvalue weighted by Crippen LogP contribution is 2.27. The first-order chi connectivity index (χ1) is 10.6. The Morgan fingerprint density at radius 3 is 2.38 bits per heavy atom. The molecule has 0 radical (unpaired) electrons. The van der Waals surface area contributed by atoms with Crippen LogP contribution in [0.4, 0.5) is 0 Å². The van der Waals surface area contributed by atoms with E-state index in [0.717, 1.165) is 32.4 Å². The van der Waals surface area contributed by atoms with Gasteiger partial charge in [-0.1, -0.05) is 12.5 Å². The predicted octanol–water partition coefficient (Wildman–Crippen LogP) is 0.794.